The van der Waals surface area contributed by atoms with Crippen molar-refractivity contribution in [3.8, 4) is 5.75 Å². The summed E-state index contributed by atoms with van der Waals surface area (Å²) in [6.45, 7) is 7.28. The maximum atomic E-state index is 13.5. The minimum atomic E-state index is -3.39. The van der Waals surface area contributed by atoms with Gasteiger partial charge in [0.05, 0.1) is 16.2 Å². The molecule has 0 bridgehead atoms. The molecule has 0 atom stereocenters. The Morgan fingerprint density at radius 2 is 1.62 bits per heavy atom. The van der Waals surface area contributed by atoms with Crippen LogP contribution in [0.2, 0.25) is 0 Å². The zero-order chi connectivity index (χ0) is 20.7. The predicted octanol–water partition coefficient (Wildman–Crippen LogP) is 5.08. The van der Waals surface area contributed by atoms with E-state index in [0.29, 0.717) is 30.8 Å². The van der Waals surface area contributed by atoms with Gasteiger partial charge >= 0.3 is 0 Å². The number of ether oxygens (including phenoxy) is 1. The van der Waals surface area contributed by atoms with Crippen LogP contribution in [0.15, 0.2) is 59.5 Å². The number of rotatable bonds is 9. The Hall–Kier alpha value is -1.85. The van der Waals surface area contributed by atoms with Crippen LogP contribution in [-0.2, 0) is 16.4 Å². The van der Waals surface area contributed by atoms with Crippen LogP contribution < -0.4 is 4.74 Å². The smallest absolute Gasteiger partial charge is 0.184 e. The van der Waals surface area contributed by atoms with Crippen LogP contribution in [0.3, 0.4) is 0 Å². The van der Waals surface area contributed by atoms with Crippen LogP contribution in [0.4, 0.5) is 0 Å². The van der Waals surface area contributed by atoms with Crippen molar-refractivity contribution in [2.45, 2.75) is 62.1 Å². The van der Waals surface area contributed by atoms with Gasteiger partial charge in [0, 0.05) is 19.6 Å². The Morgan fingerprint density at radius 3 is 2.21 bits per heavy atom. The van der Waals surface area contributed by atoms with Crippen molar-refractivity contribution >= 4 is 9.84 Å². The minimum Gasteiger partial charge on any atom is -0.494 e. The van der Waals surface area contributed by atoms with E-state index in [-0.39, 0.29) is 0 Å². The summed E-state index contributed by atoms with van der Waals surface area (Å²) in [4.78, 5) is 2.78. The molecule has 0 unspecified atom stereocenters. The molecule has 158 valence electrons. The van der Waals surface area contributed by atoms with Crippen molar-refractivity contribution in [2.24, 2.45) is 0 Å². The summed E-state index contributed by atoms with van der Waals surface area (Å²) in [6, 6.07) is 17.4. The summed E-state index contributed by atoms with van der Waals surface area (Å²) in [5.74, 6) is 0.737. The van der Waals surface area contributed by atoms with E-state index in [2.05, 4.69) is 36.1 Å². The maximum Gasteiger partial charge on any atom is 0.184 e. The Balaban J connectivity index is 1.68. The first-order chi connectivity index (χ1) is 14.0. The highest BCUT2D eigenvalue weighted by Crippen LogP contribution is 2.38. The fraction of sp³-hybridized carbons (Fsp3) is 0.500. The lowest BCUT2D eigenvalue weighted by Crippen LogP contribution is -2.48. The number of nitrogens with zero attached hydrogens (tertiary/aromatic N) is 1. The van der Waals surface area contributed by atoms with Gasteiger partial charge in [0.15, 0.2) is 9.84 Å². The van der Waals surface area contributed by atoms with Crippen molar-refractivity contribution in [2.75, 3.05) is 19.7 Å². The highest BCUT2D eigenvalue weighted by Gasteiger charge is 2.45. The van der Waals surface area contributed by atoms with E-state index in [0.717, 1.165) is 38.2 Å². The molecule has 2 aromatic rings. The number of likely N-dealkylation sites (tertiary alicyclic amines) is 1. The lowest BCUT2D eigenvalue weighted by atomic mass is 9.93. The third-order valence-corrected chi connectivity index (χ3v) is 8.86. The molecule has 0 aliphatic carbocycles. The number of hydrogen-bond acceptors (Lipinski definition) is 4. The molecule has 3 rings (SSSR count). The first kappa shape index (κ1) is 21.8. The van der Waals surface area contributed by atoms with Crippen LogP contribution in [0.25, 0.3) is 0 Å². The van der Waals surface area contributed by atoms with E-state index >= 15 is 0 Å². The fourth-order valence-corrected chi connectivity index (χ4v) is 6.17. The Kier molecular flexibility index (Phi) is 7.36. The summed E-state index contributed by atoms with van der Waals surface area (Å²) >= 11 is 0. The number of sulfone groups is 1. The number of piperidine rings is 1. The van der Waals surface area contributed by atoms with E-state index in [1.807, 2.05) is 13.0 Å². The van der Waals surface area contributed by atoms with Gasteiger partial charge in [0.25, 0.3) is 0 Å². The lowest BCUT2D eigenvalue weighted by Gasteiger charge is -2.40. The van der Waals surface area contributed by atoms with Crippen molar-refractivity contribution in [3.05, 3.63) is 60.2 Å². The number of hydrogen-bond donors (Lipinski definition) is 0. The molecule has 0 amide bonds. The summed E-state index contributed by atoms with van der Waals surface area (Å²) < 4.78 is 32.0. The highest BCUT2D eigenvalue weighted by atomic mass is 32.2. The molecule has 1 saturated heterocycles. The Morgan fingerprint density at radius 1 is 0.966 bits per heavy atom. The number of benzene rings is 2. The third kappa shape index (κ3) is 5.01. The highest BCUT2D eigenvalue weighted by molar-refractivity contribution is 7.92. The molecule has 0 spiro atoms. The van der Waals surface area contributed by atoms with Gasteiger partial charge in [-0.25, -0.2) is 8.42 Å². The second-order valence-corrected chi connectivity index (χ2v) is 10.3. The molecule has 1 aliphatic heterocycles. The Bertz CT molecular complexity index is 855. The zero-order valence-corrected chi connectivity index (χ0v) is 18.5. The monoisotopic (exact) mass is 415 g/mol. The molecule has 0 saturated carbocycles. The first-order valence-electron chi connectivity index (χ1n) is 10.7. The molecular formula is C24H33NO3S. The minimum absolute atomic E-state index is 0.415. The van der Waals surface area contributed by atoms with Crippen LogP contribution in [0.1, 0.15) is 51.5 Å². The predicted molar refractivity (Wildman–Crippen MR) is 118 cm³/mol. The van der Waals surface area contributed by atoms with E-state index in [1.165, 1.54) is 5.56 Å². The van der Waals surface area contributed by atoms with Crippen LogP contribution in [0.5, 0.6) is 5.75 Å². The van der Waals surface area contributed by atoms with Gasteiger partial charge in [-0.1, -0.05) is 50.6 Å². The summed E-state index contributed by atoms with van der Waals surface area (Å²) in [5.41, 5.74) is 1.28. The van der Waals surface area contributed by atoms with E-state index in [4.69, 9.17) is 4.74 Å². The lowest BCUT2D eigenvalue weighted by molar-refractivity contribution is 0.185. The van der Waals surface area contributed by atoms with Crippen LogP contribution in [0, 0.1) is 0 Å². The standard InChI is InChI=1S/C24H33NO3S/c1-3-5-19-28-22-11-13-23(14-12-22)29(26,27)24(4-2)15-17-25(18-16-24)20-21-9-7-6-8-10-21/h6-14H,3-5,15-20H2,1-2H3. The van der Waals surface area contributed by atoms with E-state index < -0.39 is 14.6 Å². The molecule has 29 heavy (non-hydrogen) atoms. The topological polar surface area (TPSA) is 46.6 Å². The van der Waals surface area contributed by atoms with Gasteiger partial charge < -0.3 is 4.74 Å². The van der Waals surface area contributed by atoms with E-state index in [1.54, 1.807) is 24.3 Å². The summed E-state index contributed by atoms with van der Waals surface area (Å²) in [7, 11) is -3.39. The van der Waals surface area contributed by atoms with Crippen molar-refractivity contribution in [3.63, 3.8) is 0 Å². The van der Waals surface area contributed by atoms with Crippen molar-refractivity contribution in [1.82, 2.24) is 4.90 Å². The molecule has 1 heterocycles. The second-order valence-electron chi connectivity index (χ2n) is 7.98. The summed E-state index contributed by atoms with van der Waals surface area (Å²) in [5, 5.41) is 0. The van der Waals surface area contributed by atoms with Crippen LogP contribution >= 0.6 is 0 Å². The third-order valence-electron chi connectivity index (χ3n) is 6.13. The summed E-state index contributed by atoms with van der Waals surface area (Å²) in [6.07, 6.45) is 4.06. The largest absolute Gasteiger partial charge is 0.494 e. The van der Waals surface area contributed by atoms with Gasteiger partial charge in [0.1, 0.15) is 5.75 Å². The quantitative estimate of drug-likeness (QED) is 0.536. The molecule has 0 N–H and O–H groups in total. The molecule has 5 heteroatoms. The van der Waals surface area contributed by atoms with Gasteiger partial charge in [-0.15, -0.1) is 0 Å². The molecule has 0 aromatic heterocycles. The SMILES string of the molecule is CCCCOc1ccc(S(=O)(=O)C2(CC)CCN(Cc3ccccc3)CC2)cc1. The molecule has 0 radical (unpaired) electrons. The zero-order valence-electron chi connectivity index (χ0n) is 17.6. The van der Waals surface area contributed by atoms with Gasteiger partial charge in [0.2, 0.25) is 0 Å². The van der Waals surface area contributed by atoms with E-state index in [9.17, 15) is 8.42 Å². The van der Waals surface area contributed by atoms with Crippen molar-refractivity contribution < 1.29 is 13.2 Å². The molecule has 1 fully saturated rings. The molecule has 1 aliphatic rings. The van der Waals surface area contributed by atoms with Gasteiger partial charge in [-0.3, -0.25) is 4.90 Å². The first-order valence-corrected chi connectivity index (χ1v) is 12.2. The van der Waals surface area contributed by atoms with Gasteiger partial charge in [-0.05, 0) is 55.5 Å². The van der Waals surface area contributed by atoms with Crippen molar-refractivity contribution in [1.29, 1.82) is 0 Å². The average molecular weight is 416 g/mol. The molecule has 2 aromatic carbocycles. The van der Waals surface area contributed by atoms with Crippen LogP contribution in [-0.4, -0.2) is 37.8 Å². The van der Waals surface area contributed by atoms with Gasteiger partial charge in [-0.2, -0.15) is 0 Å². The normalized spacial score (nSPS) is 17.2. The number of unbranched alkanes of at least 4 members (excludes halogenated alkanes) is 1. The second kappa shape index (κ2) is 9.77. The molecular weight excluding hydrogens is 382 g/mol. The fourth-order valence-electron chi connectivity index (χ4n) is 4.07. The maximum absolute atomic E-state index is 13.5. The molecule has 4 nitrogen and oxygen atoms in total. The Labute approximate surface area is 175 Å². The average Bonchev–Trinajstić information content (AvgIpc) is 2.75.